The highest BCUT2D eigenvalue weighted by Gasteiger charge is 2.15. The molecule has 0 radical (unpaired) electrons. The fourth-order valence-electron chi connectivity index (χ4n) is 2.61. The van der Waals surface area contributed by atoms with Gasteiger partial charge in [0.05, 0.1) is 39.7 Å². The average molecular weight is 358 g/mol. The molecule has 26 heavy (non-hydrogen) atoms. The number of morpholine rings is 1. The molecule has 1 aliphatic heterocycles. The van der Waals surface area contributed by atoms with Crippen molar-refractivity contribution in [3.63, 3.8) is 0 Å². The Morgan fingerprint density at radius 1 is 1.19 bits per heavy atom. The molecule has 138 valence electrons. The Balaban J connectivity index is 1.66. The molecule has 0 aliphatic carbocycles. The summed E-state index contributed by atoms with van der Waals surface area (Å²) in [5, 5.41) is 2.86. The lowest BCUT2D eigenvalue weighted by molar-refractivity contribution is 0.0949. The molecule has 0 bridgehead atoms. The van der Waals surface area contributed by atoms with E-state index in [0.717, 1.165) is 18.8 Å². The third-order valence-electron chi connectivity index (χ3n) is 4.04. The number of aromatic nitrogens is 2. The van der Waals surface area contributed by atoms with Crippen LogP contribution in [0.25, 0.3) is 0 Å². The zero-order valence-corrected chi connectivity index (χ0v) is 14.9. The maximum Gasteiger partial charge on any atom is 0.251 e. The molecule has 3 rings (SSSR count). The number of hydrogen-bond donors (Lipinski definition) is 1. The maximum absolute atomic E-state index is 12.4. The smallest absolute Gasteiger partial charge is 0.251 e. The van der Waals surface area contributed by atoms with Crippen LogP contribution in [0.5, 0.6) is 11.5 Å². The van der Waals surface area contributed by atoms with Crippen molar-refractivity contribution in [2.24, 2.45) is 0 Å². The van der Waals surface area contributed by atoms with Crippen LogP contribution in [0.3, 0.4) is 0 Å². The standard InChI is InChI=1S/C18H22N4O4/c1-24-15-9-13(10-16(11-15)25-2)17(23)20-12-14-3-4-19-18(21-14)22-5-7-26-8-6-22/h3-4,9-11H,5-8,12H2,1-2H3,(H,20,23). The Morgan fingerprint density at radius 2 is 1.88 bits per heavy atom. The number of ether oxygens (including phenoxy) is 3. The summed E-state index contributed by atoms with van der Waals surface area (Å²) in [4.78, 5) is 23.4. The zero-order chi connectivity index (χ0) is 18.4. The number of methoxy groups -OCH3 is 2. The molecule has 1 fully saturated rings. The Hall–Kier alpha value is -2.87. The van der Waals surface area contributed by atoms with E-state index in [2.05, 4.69) is 20.2 Å². The normalized spacial score (nSPS) is 14.0. The first-order chi connectivity index (χ1) is 12.7. The predicted molar refractivity (Wildman–Crippen MR) is 95.8 cm³/mol. The summed E-state index contributed by atoms with van der Waals surface area (Å²) >= 11 is 0. The van der Waals surface area contributed by atoms with Crippen molar-refractivity contribution in [2.45, 2.75) is 6.54 Å². The van der Waals surface area contributed by atoms with Gasteiger partial charge in [-0.05, 0) is 18.2 Å². The van der Waals surface area contributed by atoms with Crippen LogP contribution in [-0.2, 0) is 11.3 Å². The Kier molecular flexibility index (Phi) is 5.85. The molecule has 1 aliphatic rings. The molecule has 2 heterocycles. The fourth-order valence-corrected chi connectivity index (χ4v) is 2.61. The molecule has 0 atom stereocenters. The number of amides is 1. The zero-order valence-electron chi connectivity index (χ0n) is 14.9. The lowest BCUT2D eigenvalue weighted by Crippen LogP contribution is -2.37. The molecule has 1 saturated heterocycles. The third-order valence-corrected chi connectivity index (χ3v) is 4.04. The fraction of sp³-hybridized carbons (Fsp3) is 0.389. The van der Waals surface area contributed by atoms with Crippen LogP contribution in [0.15, 0.2) is 30.5 Å². The SMILES string of the molecule is COc1cc(OC)cc(C(=O)NCc2ccnc(N3CCOCC3)n2)c1. The van der Waals surface area contributed by atoms with Crippen molar-refractivity contribution in [3.05, 3.63) is 41.7 Å². The van der Waals surface area contributed by atoms with Gasteiger partial charge in [-0.3, -0.25) is 4.79 Å². The molecule has 1 aromatic heterocycles. The molecule has 8 nitrogen and oxygen atoms in total. The summed E-state index contributed by atoms with van der Waals surface area (Å²) in [5.74, 6) is 1.55. The Bertz CT molecular complexity index is 740. The lowest BCUT2D eigenvalue weighted by Gasteiger charge is -2.26. The van der Waals surface area contributed by atoms with E-state index in [1.165, 1.54) is 0 Å². The first kappa shape index (κ1) is 17.9. The largest absolute Gasteiger partial charge is 0.497 e. The van der Waals surface area contributed by atoms with Gasteiger partial charge in [-0.1, -0.05) is 0 Å². The second-order valence-corrected chi connectivity index (χ2v) is 5.73. The first-order valence-electron chi connectivity index (χ1n) is 8.35. The number of carbonyl (C=O) groups is 1. The molecule has 8 heteroatoms. The molecular weight excluding hydrogens is 336 g/mol. The van der Waals surface area contributed by atoms with Crippen molar-refractivity contribution >= 4 is 11.9 Å². The van der Waals surface area contributed by atoms with Gasteiger partial charge in [-0.2, -0.15) is 0 Å². The molecule has 0 spiro atoms. The summed E-state index contributed by atoms with van der Waals surface area (Å²) in [6, 6.07) is 6.83. The minimum atomic E-state index is -0.228. The third kappa shape index (κ3) is 4.40. The average Bonchev–Trinajstić information content (AvgIpc) is 2.72. The lowest BCUT2D eigenvalue weighted by atomic mass is 10.2. The van der Waals surface area contributed by atoms with E-state index in [-0.39, 0.29) is 5.91 Å². The minimum absolute atomic E-state index is 0.228. The van der Waals surface area contributed by atoms with E-state index in [9.17, 15) is 4.79 Å². The summed E-state index contributed by atoms with van der Waals surface area (Å²) < 4.78 is 15.7. The van der Waals surface area contributed by atoms with Crippen LogP contribution in [0.4, 0.5) is 5.95 Å². The Morgan fingerprint density at radius 3 is 2.54 bits per heavy atom. The summed E-state index contributed by atoms with van der Waals surface area (Å²) in [6.07, 6.45) is 1.70. The Labute approximate surface area is 152 Å². The second-order valence-electron chi connectivity index (χ2n) is 5.73. The van der Waals surface area contributed by atoms with Crippen LogP contribution in [0, 0.1) is 0 Å². The van der Waals surface area contributed by atoms with E-state index in [4.69, 9.17) is 14.2 Å². The minimum Gasteiger partial charge on any atom is -0.497 e. The van der Waals surface area contributed by atoms with Gasteiger partial charge in [0.15, 0.2) is 0 Å². The quantitative estimate of drug-likeness (QED) is 0.832. The molecule has 1 N–H and O–H groups in total. The van der Waals surface area contributed by atoms with Crippen LogP contribution in [0.1, 0.15) is 16.1 Å². The number of nitrogens with zero attached hydrogens (tertiary/aromatic N) is 3. The maximum atomic E-state index is 12.4. The van der Waals surface area contributed by atoms with Crippen molar-refractivity contribution in [2.75, 3.05) is 45.4 Å². The van der Waals surface area contributed by atoms with Gasteiger partial charge < -0.3 is 24.4 Å². The monoisotopic (exact) mass is 358 g/mol. The van der Waals surface area contributed by atoms with Gasteiger partial charge in [0, 0.05) is 30.9 Å². The molecule has 2 aromatic rings. The van der Waals surface area contributed by atoms with E-state index in [1.807, 2.05) is 0 Å². The van der Waals surface area contributed by atoms with Crippen molar-refractivity contribution < 1.29 is 19.0 Å². The molecular formula is C18H22N4O4. The number of anilines is 1. The first-order valence-corrected chi connectivity index (χ1v) is 8.35. The highest BCUT2D eigenvalue weighted by atomic mass is 16.5. The number of hydrogen-bond acceptors (Lipinski definition) is 7. The van der Waals surface area contributed by atoms with E-state index in [0.29, 0.717) is 42.8 Å². The van der Waals surface area contributed by atoms with Gasteiger partial charge in [-0.15, -0.1) is 0 Å². The molecule has 0 saturated carbocycles. The van der Waals surface area contributed by atoms with Crippen molar-refractivity contribution in [3.8, 4) is 11.5 Å². The summed E-state index contributed by atoms with van der Waals surface area (Å²) in [6.45, 7) is 3.17. The highest BCUT2D eigenvalue weighted by molar-refractivity contribution is 5.95. The molecule has 1 amide bonds. The second kappa shape index (κ2) is 8.48. The van der Waals surface area contributed by atoms with Gasteiger partial charge in [0.1, 0.15) is 11.5 Å². The van der Waals surface area contributed by atoms with E-state index >= 15 is 0 Å². The highest BCUT2D eigenvalue weighted by Crippen LogP contribution is 2.22. The van der Waals surface area contributed by atoms with E-state index < -0.39 is 0 Å². The molecule has 1 aromatic carbocycles. The number of nitrogens with one attached hydrogen (secondary N) is 1. The van der Waals surface area contributed by atoms with Gasteiger partial charge in [0.25, 0.3) is 5.91 Å². The predicted octanol–water partition coefficient (Wildman–Crippen LogP) is 1.26. The topological polar surface area (TPSA) is 85.8 Å². The van der Waals surface area contributed by atoms with Crippen LogP contribution in [0.2, 0.25) is 0 Å². The van der Waals surface area contributed by atoms with Gasteiger partial charge in [-0.25, -0.2) is 9.97 Å². The van der Waals surface area contributed by atoms with Gasteiger partial charge >= 0.3 is 0 Å². The number of rotatable bonds is 6. The van der Waals surface area contributed by atoms with Crippen LogP contribution >= 0.6 is 0 Å². The number of carbonyl (C=O) groups excluding carboxylic acids is 1. The van der Waals surface area contributed by atoms with Crippen molar-refractivity contribution in [1.82, 2.24) is 15.3 Å². The van der Waals surface area contributed by atoms with Crippen LogP contribution in [-0.4, -0.2) is 56.4 Å². The number of benzene rings is 1. The van der Waals surface area contributed by atoms with Gasteiger partial charge in [0.2, 0.25) is 5.95 Å². The van der Waals surface area contributed by atoms with Crippen LogP contribution < -0.4 is 19.7 Å². The summed E-state index contributed by atoms with van der Waals surface area (Å²) in [7, 11) is 3.09. The van der Waals surface area contributed by atoms with Crippen molar-refractivity contribution in [1.29, 1.82) is 0 Å². The van der Waals surface area contributed by atoms with E-state index in [1.54, 1.807) is 44.7 Å². The molecule has 0 unspecified atom stereocenters. The summed E-state index contributed by atoms with van der Waals surface area (Å²) in [5.41, 5.74) is 1.20.